The zero-order valence-corrected chi connectivity index (χ0v) is 11.1. The van der Waals surface area contributed by atoms with E-state index in [1.165, 1.54) is 4.88 Å². The molecule has 1 aliphatic rings. The summed E-state index contributed by atoms with van der Waals surface area (Å²) >= 11 is 1.57. The van der Waals surface area contributed by atoms with Crippen molar-refractivity contribution in [1.29, 1.82) is 0 Å². The van der Waals surface area contributed by atoms with Crippen molar-refractivity contribution < 1.29 is 4.79 Å². The molecule has 2 heterocycles. The Kier molecular flexibility index (Phi) is 4.12. The molecule has 0 bridgehead atoms. The number of anilines is 1. The van der Waals surface area contributed by atoms with Crippen LogP contribution in [-0.2, 0) is 4.79 Å². The van der Waals surface area contributed by atoms with Gasteiger partial charge in [-0.25, -0.2) is 4.98 Å². The van der Waals surface area contributed by atoms with E-state index >= 15 is 0 Å². The van der Waals surface area contributed by atoms with Crippen molar-refractivity contribution in [2.75, 3.05) is 18.4 Å². The zero-order valence-electron chi connectivity index (χ0n) is 10.3. The highest BCUT2D eigenvalue weighted by atomic mass is 32.1. The molecule has 0 atom stereocenters. The predicted octanol–water partition coefficient (Wildman–Crippen LogP) is 2.20. The summed E-state index contributed by atoms with van der Waals surface area (Å²) in [6.07, 6.45) is 3.70. The van der Waals surface area contributed by atoms with Crippen LogP contribution in [0.5, 0.6) is 0 Å². The van der Waals surface area contributed by atoms with Crippen LogP contribution in [0.4, 0.5) is 5.13 Å². The number of rotatable bonds is 3. The third kappa shape index (κ3) is 3.26. The van der Waals surface area contributed by atoms with E-state index in [-0.39, 0.29) is 11.8 Å². The quantitative estimate of drug-likeness (QED) is 0.868. The highest BCUT2D eigenvalue weighted by Gasteiger charge is 2.21. The van der Waals surface area contributed by atoms with Gasteiger partial charge in [0.05, 0.1) is 0 Å². The molecule has 1 amide bonds. The summed E-state index contributed by atoms with van der Waals surface area (Å²) in [5, 5.41) is 6.92. The number of piperidine rings is 1. The third-order valence-electron chi connectivity index (χ3n) is 3.03. The van der Waals surface area contributed by atoms with Crippen LogP contribution in [0.1, 0.15) is 37.5 Å². The van der Waals surface area contributed by atoms with Crippen LogP contribution in [-0.4, -0.2) is 24.0 Å². The molecule has 94 valence electrons. The van der Waals surface area contributed by atoms with Gasteiger partial charge in [-0.1, -0.05) is 13.8 Å². The summed E-state index contributed by atoms with van der Waals surface area (Å²) in [6, 6.07) is 0. The third-order valence-corrected chi connectivity index (χ3v) is 4.25. The van der Waals surface area contributed by atoms with E-state index in [1.807, 2.05) is 6.20 Å². The Morgan fingerprint density at radius 1 is 1.53 bits per heavy atom. The maximum Gasteiger partial charge on any atom is 0.229 e. The Balaban J connectivity index is 1.92. The van der Waals surface area contributed by atoms with Crippen LogP contribution in [0, 0.1) is 5.92 Å². The molecule has 1 aromatic heterocycles. The number of aromatic nitrogens is 1. The zero-order chi connectivity index (χ0) is 12.3. The highest BCUT2D eigenvalue weighted by molar-refractivity contribution is 7.15. The van der Waals surface area contributed by atoms with E-state index in [2.05, 4.69) is 29.5 Å². The molecule has 5 heteroatoms. The molecule has 1 aromatic rings. The molecular weight excluding hydrogens is 234 g/mol. The SMILES string of the molecule is CC(C)c1cnc(NC(=O)C2CCNCC2)s1. The van der Waals surface area contributed by atoms with Gasteiger partial charge in [0.15, 0.2) is 5.13 Å². The second-order valence-electron chi connectivity index (χ2n) is 4.74. The first-order chi connectivity index (χ1) is 8.16. The van der Waals surface area contributed by atoms with Crippen molar-refractivity contribution in [3.63, 3.8) is 0 Å². The van der Waals surface area contributed by atoms with Crippen molar-refractivity contribution in [1.82, 2.24) is 10.3 Å². The van der Waals surface area contributed by atoms with Gasteiger partial charge in [0, 0.05) is 17.0 Å². The van der Waals surface area contributed by atoms with Crippen LogP contribution in [0.25, 0.3) is 0 Å². The van der Waals surface area contributed by atoms with Gasteiger partial charge in [-0.3, -0.25) is 4.79 Å². The lowest BCUT2D eigenvalue weighted by atomic mass is 9.97. The molecule has 2 N–H and O–H groups in total. The van der Waals surface area contributed by atoms with Crippen molar-refractivity contribution in [2.24, 2.45) is 5.92 Å². The van der Waals surface area contributed by atoms with Gasteiger partial charge >= 0.3 is 0 Å². The number of hydrogen-bond donors (Lipinski definition) is 2. The Labute approximate surface area is 106 Å². The van der Waals surface area contributed by atoms with Crippen molar-refractivity contribution >= 4 is 22.4 Å². The van der Waals surface area contributed by atoms with Crippen molar-refractivity contribution in [2.45, 2.75) is 32.6 Å². The minimum atomic E-state index is 0.121. The molecule has 0 aromatic carbocycles. The van der Waals surface area contributed by atoms with E-state index in [0.717, 1.165) is 31.1 Å². The summed E-state index contributed by atoms with van der Waals surface area (Å²) < 4.78 is 0. The smallest absolute Gasteiger partial charge is 0.229 e. The normalized spacial score (nSPS) is 17.4. The molecule has 0 unspecified atom stereocenters. The lowest BCUT2D eigenvalue weighted by Crippen LogP contribution is -2.34. The lowest BCUT2D eigenvalue weighted by molar-refractivity contribution is -0.120. The van der Waals surface area contributed by atoms with E-state index in [4.69, 9.17) is 0 Å². The van der Waals surface area contributed by atoms with Crippen LogP contribution in [0.15, 0.2) is 6.20 Å². The summed E-state index contributed by atoms with van der Waals surface area (Å²) in [4.78, 5) is 17.4. The van der Waals surface area contributed by atoms with Gasteiger partial charge in [-0.2, -0.15) is 0 Å². The van der Waals surface area contributed by atoms with E-state index in [0.29, 0.717) is 5.92 Å². The van der Waals surface area contributed by atoms with E-state index < -0.39 is 0 Å². The monoisotopic (exact) mass is 253 g/mol. The van der Waals surface area contributed by atoms with Crippen LogP contribution < -0.4 is 10.6 Å². The van der Waals surface area contributed by atoms with Gasteiger partial charge in [-0.15, -0.1) is 11.3 Å². The first-order valence-corrected chi connectivity index (χ1v) is 6.96. The fourth-order valence-corrected chi connectivity index (χ4v) is 2.72. The number of hydrogen-bond acceptors (Lipinski definition) is 4. The summed E-state index contributed by atoms with van der Waals surface area (Å²) in [5.41, 5.74) is 0. The van der Waals surface area contributed by atoms with Gasteiger partial charge in [0.1, 0.15) is 0 Å². The van der Waals surface area contributed by atoms with Crippen LogP contribution >= 0.6 is 11.3 Å². The maximum atomic E-state index is 12.0. The van der Waals surface area contributed by atoms with Gasteiger partial charge in [0.25, 0.3) is 0 Å². The average Bonchev–Trinajstić information content (AvgIpc) is 2.79. The van der Waals surface area contributed by atoms with Crippen LogP contribution in [0.3, 0.4) is 0 Å². The van der Waals surface area contributed by atoms with Crippen molar-refractivity contribution in [3.05, 3.63) is 11.1 Å². The number of nitrogens with one attached hydrogen (secondary N) is 2. The lowest BCUT2D eigenvalue weighted by Gasteiger charge is -2.21. The summed E-state index contributed by atoms with van der Waals surface area (Å²) in [5.74, 6) is 0.732. The minimum Gasteiger partial charge on any atom is -0.317 e. The Bertz CT molecular complexity index is 383. The molecule has 2 rings (SSSR count). The fraction of sp³-hybridized carbons (Fsp3) is 0.667. The molecule has 0 spiro atoms. The topological polar surface area (TPSA) is 54.0 Å². The molecule has 0 saturated carbocycles. The second kappa shape index (κ2) is 5.60. The number of carbonyl (C=O) groups excluding carboxylic acids is 1. The molecule has 1 saturated heterocycles. The number of thiazole rings is 1. The highest BCUT2D eigenvalue weighted by Crippen LogP contribution is 2.26. The molecule has 0 aliphatic carbocycles. The standard InChI is InChI=1S/C12H19N3OS/c1-8(2)10-7-14-12(17-10)15-11(16)9-3-5-13-6-4-9/h7-9,13H,3-6H2,1-2H3,(H,14,15,16). The number of carbonyl (C=O) groups is 1. The Morgan fingerprint density at radius 2 is 2.24 bits per heavy atom. The summed E-state index contributed by atoms with van der Waals surface area (Å²) in [7, 11) is 0. The minimum absolute atomic E-state index is 0.121. The molecule has 4 nitrogen and oxygen atoms in total. The molecular formula is C12H19N3OS. The average molecular weight is 253 g/mol. The van der Waals surface area contributed by atoms with E-state index in [9.17, 15) is 4.79 Å². The Morgan fingerprint density at radius 3 is 2.82 bits per heavy atom. The molecule has 17 heavy (non-hydrogen) atoms. The molecule has 1 fully saturated rings. The van der Waals surface area contributed by atoms with Crippen molar-refractivity contribution in [3.8, 4) is 0 Å². The summed E-state index contributed by atoms with van der Waals surface area (Å²) in [6.45, 7) is 6.14. The largest absolute Gasteiger partial charge is 0.317 e. The van der Waals surface area contributed by atoms with Crippen LogP contribution in [0.2, 0.25) is 0 Å². The van der Waals surface area contributed by atoms with E-state index in [1.54, 1.807) is 11.3 Å². The Hall–Kier alpha value is -0.940. The van der Waals surface area contributed by atoms with Gasteiger partial charge in [-0.05, 0) is 31.8 Å². The fourth-order valence-electron chi connectivity index (χ4n) is 1.90. The molecule has 1 aliphatic heterocycles. The molecule has 0 radical (unpaired) electrons. The maximum absolute atomic E-state index is 12.0. The predicted molar refractivity (Wildman–Crippen MR) is 70.4 cm³/mol. The first-order valence-electron chi connectivity index (χ1n) is 6.14. The second-order valence-corrected chi connectivity index (χ2v) is 5.80. The number of amides is 1. The van der Waals surface area contributed by atoms with Gasteiger partial charge in [0.2, 0.25) is 5.91 Å². The van der Waals surface area contributed by atoms with Gasteiger partial charge < -0.3 is 10.6 Å². The first kappa shape index (κ1) is 12.5. The number of nitrogens with zero attached hydrogens (tertiary/aromatic N) is 1.